The molecule has 12 heavy (non-hydrogen) atoms. The molecule has 0 aliphatic heterocycles. The van der Waals surface area contributed by atoms with Crippen molar-refractivity contribution < 1.29 is 9.53 Å². The summed E-state index contributed by atoms with van der Waals surface area (Å²) in [5.74, 6) is -0.116. The zero-order valence-electron chi connectivity index (χ0n) is 7.38. The number of alkyl halides is 1. The maximum atomic E-state index is 10.9. The number of esters is 1. The molecule has 2 nitrogen and oxygen atoms in total. The van der Waals surface area contributed by atoms with Crippen molar-refractivity contribution in [3.05, 3.63) is 12.2 Å². The third-order valence-corrected chi connectivity index (χ3v) is 1.82. The van der Waals surface area contributed by atoms with Crippen molar-refractivity contribution in [1.82, 2.24) is 0 Å². The normalized spacial score (nSPS) is 10.5. The van der Waals surface area contributed by atoms with E-state index in [9.17, 15) is 4.79 Å². The Hall–Kier alpha value is -0.310. The van der Waals surface area contributed by atoms with Gasteiger partial charge >= 0.3 is 5.97 Å². The van der Waals surface area contributed by atoms with Crippen LogP contribution in [0.15, 0.2) is 12.2 Å². The fourth-order valence-corrected chi connectivity index (χ4v) is 0.939. The number of carbonyl (C=O) groups is 1. The van der Waals surface area contributed by atoms with Gasteiger partial charge in [0, 0.05) is 11.8 Å². The molecule has 0 fully saturated rings. The SMILES string of the molecule is CCC=CCOC(=O)CCCBr. The average Bonchev–Trinajstić information content (AvgIpc) is 2.09. The minimum Gasteiger partial charge on any atom is -0.461 e. The van der Waals surface area contributed by atoms with Crippen molar-refractivity contribution in [3.8, 4) is 0 Å². The van der Waals surface area contributed by atoms with Gasteiger partial charge in [0.1, 0.15) is 6.61 Å². The van der Waals surface area contributed by atoms with Gasteiger partial charge in [-0.1, -0.05) is 35.0 Å². The standard InChI is InChI=1S/C9H15BrO2/c1-2-3-4-8-12-9(11)6-5-7-10/h3-4H,2,5-8H2,1H3. The molecule has 0 saturated carbocycles. The van der Waals surface area contributed by atoms with E-state index >= 15 is 0 Å². The quantitative estimate of drug-likeness (QED) is 0.402. The van der Waals surface area contributed by atoms with Gasteiger partial charge in [0.25, 0.3) is 0 Å². The van der Waals surface area contributed by atoms with Crippen molar-refractivity contribution in [2.45, 2.75) is 26.2 Å². The van der Waals surface area contributed by atoms with E-state index in [1.165, 1.54) is 0 Å². The summed E-state index contributed by atoms with van der Waals surface area (Å²) >= 11 is 3.25. The zero-order chi connectivity index (χ0) is 9.23. The second-order valence-electron chi connectivity index (χ2n) is 2.36. The minimum absolute atomic E-state index is 0.116. The monoisotopic (exact) mass is 234 g/mol. The first kappa shape index (κ1) is 11.7. The molecule has 3 heteroatoms. The second-order valence-corrected chi connectivity index (χ2v) is 3.15. The van der Waals surface area contributed by atoms with Gasteiger partial charge in [-0.2, -0.15) is 0 Å². The Bertz CT molecular complexity index is 143. The Morgan fingerprint density at radius 2 is 2.25 bits per heavy atom. The molecule has 0 aliphatic rings. The minimum atomic E-state index is -0.116. The van der Waals surface area contributed by atoms with Gasteiger partial charge in [-0.25, -0.2) is 0 Å². The summed E-state index contributed by atoms with van der Waals surface area (Å²) < 4.78 is 4.90. The van der Waals surface area contributed by atoms with Crippen LogP contribution < -0.4 is 0 Å². The van der Waals surface area contributed by atoms with Crippen LogP contribution in [0.2, 0.25) is 0 Å². The number of hydrogen-bond acceptors (Lipinski definition) is 2. The maximum Gasteiger partial charge on any atom is 0.306 e. The number of halogens is 1. The zero-order valence-corrected chi connectivity index (χ0v) is 8.97. The molecule has 0 aromatic carbocycles. The van der Waals surface area contributed by atoms with Crippen molar-refractivity contribution in [2.24, 2.45) is 0 Å². The summed E-state index contributed by atoms with van der Waals surface area (Å²) in [4.78, 5) is 10.9. The van der Waals surface area contributed by atoms with Gasteiger partial charge in [-0.05, 0) is 12.8 Å². The lowest BCUT2D eigenvalue weighted by Crippen LogP contribution is -2.04. The summed E-state index contributed by atoms with van der Waals surface area (Å²) in [6.07, 6.45) is 6.18. The molecule has 0 atom stereocenters. The molecule has 70 valence electrons. The van der Waals surface area contributed by atoms with E-state index in [0.29, 0.717) is 13.0 Å². The van der Waals surface area contributed by atoms with E-state index in [1.54, 1.807) is 0 Å². The third-order valence-electron chi connectivity index (χ3n) is 1.26. The summed E-state index contributed by atoms with van der Waals surface area (Å²) in [6, 6.07) is 0. The molecule has 0 bridgehead atoms. The first-order valence-electron chi connectivity index (χ1n) is 4.17. The summed E-state index contributed by atoms with van der Waals surface area (Å²) in [5.41, 5.74) is 0. The first-order valence-corrected chi connectivity index (χ1v) is 5.30. The number of rotatable bonds is 6. The number of carbonyl (C=O) groups excluding carboxylic acids is 1. The molecule has 0 radical (unpaired) electrons. The fourth-order valence-electron chi connectivity index (χ4n) is 0.659. The molecular weight excluding hydrogens is 220 g/mol. The summed E-state index contributed by atoms with van der Waals surface area (Å²) in [7, 11) is 0. The molecule has 0 rings (SSSR count). The van der Waals surface area contributed by atoms with Gasteiger partial charge < -0.3 is 4.74 Å². The predicted octanol–water partition coefficient (Wildman–Crippen LogP) is 2.67. The third kappa shape index (κ3) is 7.79. The van der Waals surface area contributed by atoms with Crippen LogP contribution in [0.3, 0.4) is 0 Å². The molecule has 0 aromatic rings. The van der Waals surface area contributed by atoms with Gasteiger partial charge in [0.2, 0.25) is 0 Å². The van der Waals surface area contributed by atoms with Crippen molar-refractivity contribution in [3.63, 3.8) is 0 Å². The van der Waals surface area contributed by atoms with Gasteiger partial charge in [-0.15, -0.1) is 0 Å². The maximum absolute atomic E-state index is 10.9. The van der Waals surface area contributed by atoms with Crippen LogP contribution in [0, 0.1) is 0 Å². The molecule has 0 aromatic heterocycles. The molecule has 0 saturated heterocycles. The molecular formula is C9H15BrO2. The van der Waals surface area contributed by atoms with Gasteiger partial charge in [0.05, 0.1) is 0 Å². The van der Waals surface area contributed by atoms with E-state index in [2.05, 4.69) is 15.9 Å². The smallest absolute Gasteiger partial charge is 0.306 e. The van der Waals surface area contributed by atoms with E-state index in [4.69, 9.17) is 4.74 Å². The highest BCUT2D eigenvalue weighted by molar-refractivity contribution is 9.09. The predicted molar refractivity (Wildman–Crippen MR) is 53.4 cm³/mol. The Balaban J connectivity index is 3.25. The van der Waals surface area contributed by atoms with Crippen LogP contribution in [0.4, 0.5) is 0 Å². The highest BCUT2D eigenvalue weighted by atomic mass is 79.9. The molecule has 0 heterocycles. The Morgan fingerprint density at radius 3 is 2.83 bits per heavy atom. The van der Waals surface area contributed by atoms with Crippen LogP contribution in [-0.2, 0) is 9.53 Å². The first-order chi connectivity index (χ1) is 5.81. The fraction of sp³-hybridized carbons (Fsp3) is 0.667. The Kier molecular flexibility index (Phi) is 8.56. The Morgan fingerprint density at radius 1 is 1.50 bits per heavy atom. The lowest BCUT2D eigenvalue weighted by molar-refractivity contribution is -0.142. The second kappa shape index (κ2) is 8.78. The number of ether oxygens (including phenoxy) is 1. The molecule has 0 spiro atoms. The highest BCUT2D eigenvalue weighted by Crippen LogP contribution is 1.96. The van der Waals surface area contributed by atoms with E-state index in [0.717, 1.165) is 18.2 Å². The van der Waals surface area contributed by atoms with Crippen molar-refractivity contribution in [2.75, 3.05) is 11.9 Å². The number of allylic oxidation sites excluding steroid dienone is 1. The van der Waals surface area contributed by atoms with Crippen LogP contribution in [-0.4, -0.2) is 17.9 Å². The molecule has 0 N–H and O–H groups in total. The summed E-state index contributed by atoms with van der Waals surface area (Å²) in [6.45, 7) is 2.46. The van der Waals surface area contributed by atoms with Gasteiger partial charge in [-0.3, -0.25) is 4.79 Å². The lowest BCUT2D eigenvalue weighted by Gasteiger charge is -1.99. The topological polar surface area (TPSA) is 26.3 Å². The van der Waals surface area contributed by atoms with Crippen molar-refractivity contribution >= 4 is 21.9 Å². The lowest BCUT2D eigenvalue weighted by atomic mass is 10.3. The summed E-state index contributed by atoms with van der Waals surface area (Å²) in [5, 5.41) is 0.854. The van der Waals surface area contributed by atoms with Crippen LogP contribution in [0.25, 0.3) is 0 Å². The van der Waals surface area contributed by atoms with E-state index in [1.807, 2.05) is 19.1 Å². The Labute approximate surface area is 82.1 Å². The van der Waals surface area contributed by atoms with Crippen LogP contribution in [0.1, 0.15) is 26.2 Å². The largest absolute Gasteiger partial charge is 0.461 e. The van der Waals surface area contributed by atoms with Gasteiger partial charge in [0.15, 0.2) is 0 Å². The van der Waals surface area contributed by atoms with Crippen LogP contribution >= 0.6 is 15.9 Å². The van der Waals surface area contributed by atoms with E-state index < -0.39 is 0 Å². The van der Waals surface area contributed by atoms with Crippen molar-refractivity contribution in [1.29, 1.82) is 0 Å². The molecule has 0 aliphatic carbocycles. The highest BCUT2D eigenvalue weighted by Gasteiger charge is 1.98. The average molecular weight is 235 g/mol. The molecule has 0 unspecified atom stereocenters. The van der Waals surface area contributed by atoms with Crippen LogP contribution in [0.5, 0.6) is 0 Å². The molecule has 0 amide bonds. The van der Waals surface area contributed by atoms with E-state index in [-0.39, 0.29) is 5.97 Å². The number of hydrogen-bond donors (Lipinski definition) is 0.